The number of esters is 1. The first-order valence-electron chi connectivity index (χ1n) is 3.03. The van der Waals surface area contributed by atoms with Gasteiger partial charge in [-0.2, -0.15) is 0 Å². The van der Waals surface area contributed by atoms with Crippen molar-refractivity contribution in [2.24, 2.45) is 5.41 Å². The highest BCUT2D eigenvalue weighted by Crippen LogP contribution is 2.31. The van der Waals surface area contributed by atoms with E-state index in [2.05, 4.69) is 4.74 Å². The molecule has 0 radical (unpaired) electrons. The molecule has 3 nitrogen and oxygen atoms in total. The fourth-order valence-electron chi connectivity index (χ4n) is 0.804. The van der Waals surface area contributed by atoms with Crippen molar-refractivity contribution in [1.82, 2.24) is 0 Å². The van der Waals surface area contributed by atoms with Gasteiger partial charge in [-0.25, -0.2) is 0 Å². The van der Waals surface area contributed by atoms with Crippen LogP contribution in [0.4, 0.5) is 0 Å². The maximum atomic E-state index is 10.6. The molecule has 0 aromatic carbocycles. The number of aliphatic hydroxyl groups is 1. The molecule has 0 bridgehead atoms. The SMILES string of the molecule is CCC1(CO)COC1=O. The van der Waals surface area contributed by atoms with Gasteiger partial charge in [-0.3, -0.25) is 4.79 Å². The van der Waals surface area contributed by atoms with Crippen LogP contribution >= 0.6 is 0 Å². The van der Waals surface area contributed by atoms with E-state index in [1.165, 1.54) is 0 Å². The van der Waals surface area contributed by atoms with Gasteiger partial charge in [0.1, 0.15) is 12.0 Å². The summed E-state index contributed by atoms with van der Waals surface area (Å²) < 4.78 is 4.53. The third-order valence-corrected chi connectivity index (χ3v) is 1.89. The van der Waals surface area contributed by atoms with Crippen LogP contribution in [0, 0.1) is 5.41 Å². The third kappa shape index (κ3) is 0.721. The average Bonchev–Trinajstić information content (AvgIpc) is 1.89. The molecule has 0 aliphatic carbocycles. The third-order valence-electron chi connectivity index (χ3n) is 1.89. The summed E-state index contributed by atoms with van der Waals surface area (Å²) >= 11 is 0. The van der Waals surface area contributed by atoms with Crippen molar-refractivity contribution in [3.63, 3.8) is 0 Å². The minimum absolute atomic E-state index is 0.0810. The molecule has 52 valence electrons. The van der Waals surface area contributed by atoms with Crippen LogP contribution in [0.15, 0.2) is 0 Å². The van der Waals surface area contributed by atoms with Gasteiger partial charge in [-0.15, -0.1) is 0 Å². The van der Waals surface area contributed by atoms with E-state index in [0.717, 1.165) is 0 Å². The maximum absolute atomic E-state index is 10.6. The van der Waals surface area contributed by atoms with Crippen LogP contribution in [-0.4, -0.2) is 24.3 Å². The summed E-state index contributed by atoms with van der Waals surface area (Å²) in [5.74, 6) is -0.257. The van der Waals surface area contributed by atoms with E-state index in [4.69, 9.17) is 5.11 Å². The molecule has 1 atom stereocenters. The van der Waals surface area contributed by atoms with Gasteiger partial charge < -0.3 is 9.84 Å². The smallest absolute Gasteiger partial charge is 0.317 e. The van der Waals surface area contributed by atoms with Crippen molar-refractivity contribution in [2.45, 2.75) is 13.3 Å². The molecule has 0 aromatic heterocycles. The van der Waals surface area contributed by atoms with E-state index in [1.54, 1.807) is 0 Å². The van der Waals surface area contributed by atoms with Gasteiger partial charge in [0.2, 0.25) is 0 Å². The molecule has 1 rings (SSSR count). The van der Waals surface area contributed by atoms with E-state index >= 15 is 0 Å². The second-order valence-electron chi connectivity index (χ2n) is 2.37. The van der Waals surface area contributed by atoms with Crippen LogP contribution in [-0.2, 0) is 9.53 Å². The average molecular weight is 130 g/mol. The predicted molar refractivity (Wildman–Crippen MR) is 30.8 cm³/mol. The standard InChI is InChI=1S/C6H10O3/c1-2-6(3-7)4-9-5(6)8/h7H,2-4H2,1H3. The van der Waals surface area contributed by atoms with Crippen LogP contribution in [0.2, 0.25) is 0 Å². The number of aliphatic hydroxyl groups excluding tert-OH is 1. The highest BCUT2D eigenvalue weighted by Gasteiger charge is 2.47. The van der Waals surface area contributed by atoms with Crippen molar-refractivity contribution in [3.8, 4) is 0 Å². The largest absolute Gasteiger partial charge is 0.464 e. The minimum atomic E-state index is -0.542. The Morgan fingerprint density at radius 3 is 2.56 bits per heavy atom. The molecule has 9 heavy (non-hydrogen) atoms. The lowest BCUT2D eigenvalue weighted by atomic mass is 9.83. The van der Waals surface area contributed by atoms with Crippen LogP contribution < -0.4 is 0 Å². The highest BCUT2D eigenvalue weighted by molar-refractivity contribution is 5.81. The maximum Gasteiger partial charge on any atom is 0.317 e. The van der Waals surface area contributed by atoms with Crippen molar-refractivity contribution >= 4 is 5.97 Å². The van der Waals surface area contributed by atoms with E-state index in [-0.39, 0.29) is 12.6 Å². The molecule has 3 heteroatoms. The summed E-state index contributed by atoms with van der Waals surface area (Å²) in [5.41, 5.74) is -0.542. The lowest BCUT2D eigenvalue weighted by Gasteiger charge is -2.36. The van der Waals surface area contributed by atoms with Crippen molar-refractivity contribution in [3.05, 3.63) is 0 Å². The van der Waals surface area contributed by atoms with Gasteiger partial charge in [-0.1, -0.05) is 6.92 Å². The molecule has 1 unspecified atom stereocenters. The second kappa shape index (κ2) is 1.99. The molecule has 0 saturated carbocycles. The summed E-state index contributed by atoms with van der Waals surface area (Å²) in [7, 11) is 0. The zero-order valence-corrected chi connectivity index (χ0v) is 5.39. The zero-order valence-electron chi connectivity index (χ0n) is 5.39. The molecular weight excluding hydrogens is 120 g/mol. The van der Waals surface area contributed by atoms with E-state index in [9.17, 15) is 4.79 Å². The molecule has 0 spiro atoms. The molecule has 1 N–H and O–H groups in total. The van der Waals surface area contributed by atoms with E-state index in [1.807, 2.05) is 6.92 Å². The first kappa shape index (κ1) is 6.55. The van der Waals surface area contributed by atoms with Crippen LogP contribution in [0.1, 0.15) is 13.3 Å². The Balaban J connectivity index is 2.58. The molecule has 1 fully saturated rings. The predicted octanol–water partition coefficient (Wildman–Crippen LogP) is -0.0681. The Morgan fingerprint density at radius 2 is 2.56 bits per heavy atom. The van der Waals surface area contributed by atoms with Crippen molar-refractivity contribution in [1.29, 1.82) is 0 Å². The van der Waals surface area contributed by atoms with Gasteiger partial charge in [0.25, 0.3) is 0 Å². The Labute approximate surface area is 53.6 Å². The summed E-state index contributed by atoms with van der Waals surface area (Å²) in [6.45, 7) is 2.18. The molecule has 0 amide bonds. The van der Waals surface area contributed by atoms with Crippen LogP contribution in [0.3, 0.4) is 0 Å². The lowest BCUT2D eigenvalue weighted by Crippen LogP contribution is -2.50. The number of ether oxygens (including phenoxy) is 1. The number of hydrogen-bond acceptors (Lipinski definition) is 3. The number of rotatable bonds is 2. The van der Waals surface area contributed by atoms with Crippen molar-refractivity contribution < 1.29 is 14.6 Å². The molecule has 1 aliphatic heterocycles. The Hall–Kier alpha value is -0.570. The fraction of sp³-hybridized carbons (Fsp3) is 0.833. The quantitative estimate of drug-likeness (QED) is 0.532. The summed E-state index contributed by atoms with van der Waals surface area (Å²) in [4.78, 5) is 10.6. The number of carbonyl (C=O) groups excluding carboxylic acids is 1. The number of carbonyl (C=O) groups is 1. The van der Waals surface area contributed by atoms with E-state index < -0.39 is 5.41 Å². The summed E-state index contributed by atoms with van der Waals surface area (Å²) in [6.07, 6.45) is 0.669. The van der Waals surface area contributed by atoms with Gasteiger partial charge in [0.05, 0.1) is 6.61 Å². The van der Waals surface area contributed by atoms with Gasteiger partial charge >= 0.3 is 5.97 Å². The minimum Gasteiger partial charge on any atom is -0.464 e. The highest BCUT2D eigenvalue weighted by atomic mass is 16.6. The normalized spacial score (nSPS) is 33.3. The fourth-order valence-corrected chi connectivity index (χ4v) is 0.804. The number of hydrogen-bond donors (Lipinski definition) is 1. The first-order chi connectivity index (χ1) is 4.25. The Kier molecular flexibility index (Phi) is 1.45. The lowest BCUT2D eigenvalue weighted by molar-refractivity contribution is -0.191. The van der Waals surface area contributed by atoms with Crippen molar-refractivity contribution in [2.75, 3.05) is 13.2 Å². The topological polar surface area (TPSA) is 46.5 Å². The van der Waals surface area contributed by atoms with Gasteiger partial charge in [-0.05, 0) is 6.42 Å². The Bertz CT molecular complexity index is 121. The second-order valence-corrected chi connectivity index (χ2v) is 2.37. The molecule has 0 aromatic rings. The molecule has 1 aliphatic rings. The first-order valence-corrected chi connectivity index (χ1v) is 3.03. The number of cyclic esters (lactones) is 1. The van der Waals surface area contributed by atoms with Gasteiger partial charge in [0, 0.05) is 0 Å². The van der Waals surface area contributed by atoms with Crippen LogP contribution in [0.25, 0.3) is 0 Å². The van der Waals surface area contributed by atoms with E-state index in [0.29, 0.717) is 13.0 Å². The molecule has 1 saturated heterocycles. The molecule has 1 heterocycles. The summed E-state index contributed by atoms with van der Waals surface area (Å²) in [6, 6.07) is 0. The van der Waals surface area contributed by atoms with Crippen LogP contribution in [0.5, 0.6) is 0 Å². The zero-order chi connectivity index (χ0) is 6.91. The Morgan fingerprint density at radius 1 is 1.89 bits per heavy atom. The monoisotopic (exact) mass is 130 g/mol. The molecular formula is C6H10O3. The summed E-state index contributed by atoms with van der Waals surface area (Å²) in [5, 5.41) is 8.71. The van der Waals surface area contributed by atoms with Gasteiger partial charge in [0.15, 0.2) is 0 Å².